The van der Waals surface area contributed by atoms with Gasteiger partial charge < -0.3 is 9.47 Å². The van der Waals surface area contributed by atoms with E-state index in [-0.39, 0.29) is 71.4 Å². The van der Waals surface area contributed by atoms with Crippen LogP contribution < -0.4 is 0 Å². The van der Waals surface area contributed by atoms with Gasteiger partial charge in [-0.05, 0) is 81.3 Å². The molecule has 4 bridgehead atoms. The molecule has 1 aliphatic heterocycles. The smallest absolute Gasteiger partial charge is 0.338 e. The number of benzene rings is 3. The van der Waals surface area contributed by atoms with Crippen LogP contribution >= 0.6 is 0 Å². The number of carbonyl (C=O) groups excluding carboxylic acids is 2. The van der Waals surface area contributed by atoms with E-state index in [0.717, 1.165) is 11.1 Å². The number of carbonyl (C=O) groups is 2. The predicted molar refractivity (Wildman–Crippen MR) is 178 cm³/mol. The third-order valence-corrected chi connectivity index (χ3v) is 11.5. The average Bonchev–Trinajstić information content (AvgIpc) is 3.04. The Morgan fingerprint density at radius 1 is 0.625 bits per heavy atom. The van der Waals surface area contributed by atoms with Crippen LogP contribution in [0.5, 0.6) is 0 Å². The van der Waals surface area contributed by atoms with E-state index in [1.807, 2.05) is 13.8 Å². The second kappa shape index (κ2) is 14.4. The lowest BCUT2D eigenvalue weighted by Crippen LogP contribution is -2.34. The molecule has 0 spiro atoms. The fraction of sp³-hybridized carbons (Fsp3) is 0.286. The van der Waals surface area contributed by atoms with Gasteiger partial charge in [0, 0.05) is 13.1 Å². The Bertz CT molecular complexity index is 1910. The minimum atomic E-state index is -4.15. The van der Waals surface area contributed by atoms with Crippen molar-refractivity contribution in [3.8, 4) is 0 Å². The van der Waals surface area contributed by atoms with Gasteiger partial charge in [-0.1, -0.05) is 47.5 Å². The highest BCUT2D eigenvalue weighted by atomic mass is 32.2. The Morgan fingerprint density at radius 3 is 1.40 bits per heavy atom. The first-order valence-electron chi connectivity index (χ1n) is 15.4. The molecule has 48 heavy (non-hydrogen) atoms. The Kier molecular flexibility index (Phi) is 10.4. The third kappa shape index (κ3) is 7.49. The molecule has 1 aromatic heterocycles. The maximum Gasteiger partial charge on any atom is 0.338 e. The van der Waals surface area contributed by atoms with Crippen molar-refractivity contribution >= 4 is 32.0 Å². The van der Waals surface area contributed by atoms with Crippen molar-refractivity contribution in [3.63, 3.8) is 0 Å². The monoisotopic (exact) mass is 691 g/mol. The van der Waals surface area contributed by atoms with E-state index in [0.29, 0.717) is 11.4 Å². The van der Waals surface area contributed by atoms with Gasteiger partial charge in [0.15, 0.2) is 0 Å². The van der Waals surface area contributed by atoms with E-state index in [1.54, 1.807) is 56.3 Å². The highest BCUT2D eigenvalue weighted by Gasteiger charge is 2.32. The van der Waals surface area contributed by atoms with Crippen LogP contribution in [-0.4, -0.2) is 55.6 Å². The summed E-state index contributed by atoms with van der Waals surface area (Å²) in [6, 6.07) is 20.6. The molecule has 0 radical (unpaired) electrons. The SMILES string of the molecule is CCOC(=O)c1cc(C(=O)OCC)c2cc1CN(S(=O)(=O)c1ccc(C)cc1)Cc1cccc(n1)CN(S(=O)(=O)c1ccc(C)cc1)C2. The molecule has 5 rings (SSSR count). The maximum atomic E-state index is 14.2. The van der Waals surface area contributed by atoms with Crippen LogP contribution in [0.15, 0.2) is 88.7 Å². The normalized spacial score (nSPS) is 14.4. The van der Waals surface area contributed by atoms with Gasteiger partial charge in [-0.3, -0.25) is 4.98 Å². The number of rotatable bonds is 8. The summed E-state index contributed by atoms with van der Waals surface area (Å²) in [6.07, 6.45) is 0. The minimum absolute atomic E-state index is 0.0272. The summed E-state index contributed by atoms with van der Waals surface area (Å²) in [5.74, 6) is -1.54. The zero-order valence-electron chi connectivity index (χ0n) is 27.2. The molecule has 0 fully saturated rings. The lowest BCUT2D eigenvalue weighted by molar-refractivity contribution is 0.0522. The Hall–Kier alpha value is -4.43. The van der Waals surface area contributed by atoms with E-state index in [1.165, 1.54) is 45.0 Å². The number of sulfonamides is 2. The van der Waals surface area contributed by atoms with Crippen LogP contribution in [-0.2, 0) is 55.7 Å². The Labute approximate surface area is 281 Å². The summed E-state index contributed by atoms with van der Waals surface area (Å²) in [4.78, 5) is 31.5. The number of hydrogen-bond acceptors (Lipinski definition) is 9. The minimum Gasteiger partial charge on any atom is -0.462 e. The van der Waals surface area contributed by atoms with Gasteiger partial charge in [0.1, 0.15) is 0 Å². The molecule has 252 valence electrons. The topological polar surface area (TPSA) is 140 Å². The zero-order valence-corrected chi connectivity index (χ0v) is 28.8. The first kappa shape index (κ1) is 34.9. The molecule has 3 aromatic carbocycles. The molecule has 0 unspecified atom stereocenters. The summed E-state index contributed by atoms with van der Waals surface area (Å²) < 4.78 is 69.7. The van der Waals surface area contributed by atoms with Gasteiger partial charge in [0.25, 0.3) is 0 Å². The molecule has 2 heterocycles. The van der Waals surface area contributed by atoms with E-state index in [4.69, 9.17) is 9.47 Å². The molecule has 11 nitrogen and oxygen atoms in total. The largest absolute Gasteiger partial charge is 0.462 e. The molecule has 0 N–H and O–H groups in total. The van der Waals surface area contributed by atoms with Crippen molar-refractivity contribution in [2.45, 2.75) is 63.7 Å². The number of pyridine rings is 1. The maximum absolute atomic E-state index is 14.2. The molecule has 0 saturated carbocycles. The Balaban J connectivity index is 1.75. The van der Waals surface area contributed by atoms with Crippen molar-refractivity contribution in [2.24, 2.45) is 0 Å². The number of nitrogens with zero attached hydrogens (tertiary/aromatic N) is 3. The summed E-state index contributed by atoms with van der Waals surface area (Å²) in [6.45, 7) is 6.02. The molecule has 0 amide bonds. The molecular formula is C35H37N3O8S2. The second-order valence-electron chi connectivity index (χ2n) is 11.4. The fourth-order valence-corrected chi connectivity index (χ4v) is 8.15. The van der Waals surface area contributed by atoms with Gasteiger partial charge in [0.2, 0.25) is 20.0 Å². The highest BCUT2D eigenvalue weighted by Crippen LogP contribution is 2.30. The van der Waals surface area contributed by atoms with Crippen LogP contribution in [0.2, 0.25) is 0 Å². The lowest BCUT2D eigenvalue weighted by atomic mass is 9.97. The summed E-state index contributed by atoms with van der Waals surface area (Å²) in [5.41, 5.74) is 2.86. The number of ether oxygens (including phenoxy) is 2. The molecule has 0 atom stereocenters. The van der Waals surface area contributed by atoms with Gasteiger partial charge in [-0.25, -0.2) is 26.4 Å². The second-order valence-corrected chi connectivity index (χ2v) is 15.3. The molecule has 0 saturated heterocycles. The Morgan fingerprint density at radius 2 is 1.02 bits per heavy atom. The van der Waals surface area contributed by atoms with E-state index in [9.17, 15) is 26.4 Å². The number of aryl methyl sites for hydroxylation is 2. The van der Waals surface area contributed by atoms with Gasteiger partial charge in [-0.2, -0.15) is 8.61 Å². The third-order valence-electron chi connectivity index (χ3n) is 7.87. The molecule has 4 aromatic rings. The van der Waals surface area contributed by atoms with Crippen molar-refractivity contribution in [1.29, 1.82) is 0 Å². The van der Waals surface area contributed by atoms with Gasteiger partial charge >= 0.3 is 11.9 Å². The number of hydrogen-bond donors (Lipinski definition) is 0. The van der Waals surface area contributed by atoms with Crippen LogP contribution in [0.1, 0.15) is 68.2 Å². The van der Waals surface area contributed by atoms with Crippen molar-refractivity contribution in [2.75, 3.05) is 13.2 Å². The standard InChI is InChI=1S/C35H37N3O8S2/c1-5-45-34(39)32-19-33(35(40)46-6-2)27-18-26(32)20-37(47(41,42)30-14-10-24(3)11-15-30)22-28-8-7-9-29(36-28)23-38(21-27)48(43,44)31-16-12-25(4)13-17-31/h7-19H,5-6,20-23H2,1-4H3. The molecular weight excluding hydrogens is 655 g/mol. The van der Waals surface area contributed by atoms with Crippen LogP contribution in [0.25, 0.3) is 0 Å². The zero-order chi connectivity index (χ0) is 34.6. The number of aromatic nitrogens is 1. The first-order chi connectivity index (χ1) is 22.8. The van der Waals surface area contributed by atoms with Crippen LogP contribution in [0, 0.1) is 13.8 Å². The van der Waals surface area contributed by atoms with Gasteiger partial charge in [-0.15, -0.1) is 0 Å². The van der Waals surface area contributed by atoms with Crippen molar-refractivity contribution in [3.05, 3.63) is 124 Å². The number of fused-ring (bicyclic) bond motifs is 4. The summed E-state index contributed by atoms with van der Waals surface area (Å²) in [5, 5.41) is 0. The van der Waals surface area contributed by atoms with Crippen LogP contribution in [0.3, 0.4) is 0 Å². The summed E-state index contributed by atoms with van der Waals surface area (Å²) >= 11 is 0. The van der Waals surface area contributed by atoms with E-state index >= 15 is 0 Å². The average molecular weight is 692 g/mol. The van der Waals surface area contributed by atoms with Gasteiger partial charge in [0.05, 0.1) is 58.6 Å². The summed E-state index contributed by atoms with van der Waals surface area (Å²) in [7, 11) is -8.30. The number of esters is 2. The lowest BCUT2D eigenvalue weighted by Gasteiger charge is -2.27. The van der Waals surface area contributed by atoms with Crippen LogP contribution in [0.4, 0.5) is 0 Å². The van der Waals surface area contributed by atoms with Crippen molar-refractivity contribution in [1.82, 2.24) is 13.6 Å². The first-order valence-corrected chi connectivity index (χ1v) is 18.3. The molecule has 13 heteroatoms. The quantitative estimate of drug-likeness (QED) is 0.230. The van der Waals surface area contributed by atoms with E-state index < -0.39 is 32.0 Å². The van der Waals surface area contributed by atoms with Crippen molar-refractivity contribution < 1.29 is 35.9 Å². The molecule has 1 aliphatic rings. The molecule has 0 aliphatic carbocycles. The van der Waals surface area contributed by atoms with E-state index in [2.05, 4.69) is 4.98 Å². The highest BCUT2D eigenvalue weighted by molar-refractivity contribution is 7.89. The predicted octanol–water partition coefficient (Wildman–Crippen LogP) is 5.15. The fourth-order valence-electron chi connectivity index (χ4n) is 5.37.